The van der Waals surface area contributed by atoms with Gasteiger partial charge < -0.3 is 19.7 Å². The number of carboxylic acid groups (broad SMARTS) is 1. The maximum atomic E-state index is 9.00. The third-order valence-corrected chi connectivity index (χ3v) is 1.82. The predicted molar refractivity (Wildman–Crippen MR) is 69.0 cm³/mol. The van der Waals surface area contributed by atoms with Gasteiger partial charge in [0.15, 0.2) is 11.5 Å². The lowest BCUT2D eigenvalue weighted by atomic mass is 10.2. The Balaban J connectivity index is 0.000000631. The van der Waals surface area contributed by atoms with Gasteiger partial charge in [-0.3, -0.25) is 4.79 Å². The van der Waals surface area contributed by atoms with Crippen molar-refractivity contribution in [2.45, 2.75) is 6.92 Å². The lowest BCUT2D eigenvalue weighted by Crippen LogP contribution is -1.90. The summed E-state index contributed by atoms with van der Waals surface area (Å²) < 4.78 is 10.2. The van der Waals surface area contributed by atoms with Gasteiger partial charge >= 0.3 is 0 Å². The fourth-order valence-electron chi connectivity index (χ4n) is 1.15. The highest BCUT2D eigenvalue weighted by Crippen LogP contribution is 2.27. The monoisotopic (exact) mass is 254 g/mol. The number of hydrogen-bond acceptors (Lipinski definition) is 4. The van der Waals surface area contributed by atoms with Gasteiger partial charge in [0.05, 0.1) is 20.8 Å². The van der Waals surface area contributed by atoms with Gasteiger partial charge in [-0.1, -0.05) is 18.2 Å². The van der Waals surface area contributed by atoms with Crippen LogP contribution in [0.5, 0.6) is 11.5 Å². The van der Waals surface area contributed by atoms with Crippen molar-refractivity contribution < 1.29 is 24.5 Å². The fourth-order valence-corrected chi connectivity index (χ4v) is 1.15. The van der Waals surface area contributed by atoms with E-state index < -0.39 is 5.97 Å². The summed E-state index contributed by atoms with van der Waals surface area (Å²) in [5.41, 5.74) is 0.969. The van der Waals surface area contributed by atoms with E-state index in [1.165, 1.54) is 0 Å². The number of carboxylic acids is 1. The first kappa shape index (κ1) is 16.0. The van der Waals surface area contributed by atoms with E-state index >= 15 is 0 Å². The Morgan fingerprint density at radius 1 is 1.28 bits per heavy atom. The molecule has 5 nitrogen and oxygen atoms in total. The highest BCUT2D eigenvalue weighted by Gasteiger charge is 2.01. The zero-order valence-electron chi connectivity index (χ0n) is 10.7. The summed E-state index contributed by atoms with van der Waals surface area (Å²) in [6.45, 7) is 1.12. The average molecular weight is 254 g/mol. The maximum absolute atomic E-state index is 9.00. The average Bonchev–Trinajstić information content (AvgIpc) is 2.35. The second kappa shape index (κ2) is 9.07. The SMILES string of the molecule is CC(=O)O.COc1ccc(C=CCO)cc1OC. The van der Waals surface area contributed by atoms with Crippen molar-refractivity contribution in [3.8, 4) is 11.5 Å². The third kappa shape index (κ3) is 6.55. The molecular weight excluding hydrogens is 236 g/mol. The summed E-state index contributed by atoms with van der Waals surface area (Å²) >= 11 is 0. The van der Waals surface area contributed by atoms with Gasteiger partial charge in [-0.15, -0.1) is 0 Å². The number of methoxy groups -OCH3 is 2. The van der Waals surface area contributed by atoms with Gasteiger partial charge in [-0.05, 0) is 17.7 Å². The van der Waals surface area contributed by atoms with Crippen molar-refractivity contribution in [3.05, 3.63) is 29.8 Å². The lowest BCUT2D eigenvalue weighted by Gasteiger charge is -2.07. The van der Waals surface area contributed by atoms with E-state index in [9.17, 15) is 0 Å². The molecule has 0 radical (unpaired) electrons. The summed E-state index contributed by atoms with van der Waals surface area (Å²) in [7, 11) is 3.19. The van der Waals surface area contributed by atoms with Crippen molar-refractivity contribution in [3.63, 3.8) is 0 Å². The van der Waals surface area contributed by atoms with Crippen LogP contribution in [0.1, 0.15) is 12.5 Å². The Hall–Kier alpha value is -2.01. The predicted octanol–water partition coefficient (Wildman–Crippen LogP) is 1.80. The number of aliphatic carboxylic acids is 1. The summed E-state index contributed by atoms with van der Waals surface area (Å²) in [5, 5.41) is 16.0. The van der Waals surface area contributed by atoms with Crippen molar-refractivity contribution in [1.82, 2.24) is 0 Å². The molecule has 0 aromatic heterocycles. The number of rotatable bonds is 4. The van der Waals surface area contributed by atoms with Crippen LogP contribution in [0.4, 0.5) is 0 Å². The maximum Gasteiger partial charge on any atom is 0.300 e. The molecule has 0 aliphatic rings. The van der Waals surface area contributed by atoms with Crippen LogP contribution in [0.25, 0.3) is 6.08 Å². The van der Waals surface area contributed by atoms with E-state index in [0.29, 0.717) is 11.5 Å². The highest BCUT2D eigenvalue weighted by molar-refractivity contribution is 5.63. The van der Waals surface area contributed by atoms with Crippen molar-refractivity contribution in [1.29, 1.82) is 0 Å². The zero-order valence-corrected chi connectivity index (χ0v) is 10.7. The molecule has 0 bridgehead atoms. The number of benzene rings is 1. The van der Waals surface area contributed by atoms with Crippen LogP contribution in [0, 0.1) is 0 Å². The molecule has 0 amide bonds. The lowest BCUT2D eigenvalue weighted by molar-refractivity contribution is -0.134. The number of hydrogen-bond donors (Lipinski definition) is 2. The normalized spacial score (nSPS) is 9.56. The minimum Gasteiger partial charge on any atom is -0.493 e. The van der Waals surface area contributed by atoms with E-state index in [1.807, 2.05) is 24.3 Å². The number of carbonyl (C=O) groups is 1. The van der Waals surface area contributed by atoms with Gasteiger partial charge in [-0.25, -0.2) is 0 Å². The standard InChI is InChI=1S/C11H14O3.C2H4O2/c1-13-10-6-5-9(4-3-7-12)8-11(10)14-2;1-2(3)4/h3-6,8,12H,7H2,1-2H3;1H3,(H,3,4). The first-order chi connectivity index (χ1) is 8.54. The zero-order chi connectivity index (χ0) is 14.0. The molecule has 0 heterocycles. The summed E-state index contributed by atoms with van der Waals surface area (Å²) in [4.78, 5) is 9.00. The number of aliphatic hydroxyl groups is 1. The Kier molecular flexibility index (Phi) is 8.05. The molecule has 0 saturated carbocycles. The minimum absolute atomic E-state index is 0.0361. The number of ether oxygens (including phenoxy) is 2. The van der Waals surface area contributed by atoms with Crippen LogP contribution in [-0.2, 0) is 4.79 Å². The fraction of sp³-hybridized carbons (Fsp3) is 0.308. The van der Waals surface area contributed by atoms with Gasteiger partial charge in [0.25, 0.3) is 5.97 Å². The van der Waals surface area contributed by atoms with Crippen LogP contribution >= 0.6 is 0 Å². The molecule has 2 N–H and O–H groups in total. The van der Waals surface area contributed by atoms with Gasteiger partial charge in [0, 0.05) is 6.92 Å². The molecule has 1 aromatic rings. The molecule has 100 valence electrons. The molecule has 1 rings (SSSR count). The molecule has 0 aliphatic heterocycles. The highest BCUT2D eigenvalue weighted by atomic mass is 16.5. The molecule has 0 unspecified atom stereocenters. The Labute approximate surface area is 106 Å². The van der Waals surface area contributed by atoms with Gasteiger partial charge in [-0.2, -0.15) is 0 Å². The topological polar surface area (TPSA) is 76.0 Å². The van der Waals surface area contributed by atoms with Crippen molar-refractivity contribution in [2.24, 2.45) is 0 Å². The summed E-state index contributed by atoms with van der Waals surface area (Å²) in [6.07, 6.45) is 3.49. The second-order valence-electron chi connectivity index (χ2n) is 3.22. The first-order valence-electron chi connectivity index (χ1n) is 5.24. The Morgan fingerprint density at radius 2 is 1.83 bits per heavy atom. The second-order valence-corrected chi connectivity index (χ2v) is 3.22. The van der Waals surface area contributed by atoms with Gasteiger partial charge in [0.2, 0.25) is 0 Å². The molecule has 18 heavy (non-hydrogen) atoms. The van der Waals surface area contributed by atoms with Crippen LogP contribution in [0.15, 0.2) is 24.3 Å². The minimum atomic E-state index is -0.833. The van der Waals surface area contributed by atoms with E-state index in [2.05, 4.69) is 0 Å². The number of aliphatic hydroxyl groups excluding tert-OH is 1. The molecule has 1 aromatic carbocycles. The van der Waals surface area contributed by atoms with E-state index in [-0.39, 0.29) is 6.61 Å². The molecular formula is C13H18O5. The molecule has 0 atom stereocenters. The van der Waals surface area contributed by atoms with Crippen LogP contribution < -0.4 is 9.47 Å². The quantitative estimate of drug-likeness (QED) is 0.856. The van der Waals surface area contributed by atoms with Gasteiger partial charge in [0.1, 0.15) is 0 Å². The van der Waals surface area contributed by atoms with E-state index in [4.69, 9.17) is 24.5 Å². The summed E-state index contributed by atoms with van der Waals surface area (Å²) in [6, 6.07) is 5.58. The van der Waals surface area contributed by atoms with Crippen LogP contribution in [-0.4, -0.2) is 37.0 Å². The first-order valence-corrected chi connectivity index (χ1v) is 5.24. The molecule has 0 saturated heterocycles. The molecule has 0 fully saturated rings. The van der Waals surface area contributed by atoms with E-state index in [0.717, 1.165) is 12.5 Å². The molecule has 5 heteroatoms. The smallest absolute Gasteiger partial charge is 0.300 e. The van der Waals surface area contributed by atoms with Crippen molar-refractivity contribution in [2.75, 3.05) is 20.8 Å². The third-order valence-electron chi connectivity index (χ3n) is 1.82. The largest absolute Gasteiger partial charge is 0.493 e. The van der Waals surface area contributed by atoms with Crippen LogP contribution in [0.3, 0.4) is 0 Å². The Morgan fingerprint density at radius 3 is 2.28 bits per heavy atom. The van der Waals surface area contributed by atoms with Crippen molar-refractivity contribution >= 4 is 12.0 Å². The summed E-state index contributed by atoms with van der Waals surface area (Å²) in [5.74, 6) is 0.557. The molecule has 0 spiro atoms. The Bertz CT molecular complexity index is 394. The van der Waals surface area contributed by atoms with Crippen LogP contribution in [0.2, 0.25) is 0 Å². The molecule has 0 aliphatic carbocycles. The van der Waals surface area contributed by atoms with E-state index in [1.54, 1.807) is 20.3 Å².